The third-order valence-electron chi connectivity index (χ3n) is 3.93. The Balaban J connectivity index is 1.70. The Morgan fingerprint density at radius 2 is 1.93 bits per heavy atom. The van der Waals surface area contributed by atoms with E-state index in [0.717, 1.165) is 15.4 Å². The number of carbonyl (C=O) groups is 2. The molecule has 6 nitrogen and oxygen atoms in total. The lowest BCUT2D eigenvalue weighted by molar-refractivity contribution is -0.123. The molecular formula is C20H20N4O2S. The van der Waals surface area contributed by atoms with Gasteiger partial charge in [0.25, 0.3) is 5.91 Å². The number of rotatable bonds is 7. The molecule has 27 heavy (non-hydrogen) atoms. The van der Waals surface area contributed by atoms with Gasteiger partial charge in [-0.15, -0.1) is 11.3 Å². The number of aromatic nitrogens is 2. The fraction of sp³-hybridized carbons (Fsp3) is 0.200. The van der Waals surface area contributed by atoms with E-state index < -0.39 is 6.04 Å². The van der Waals surface area contributed by atoms with Gasteiger partial charge in [0, 0.05) is 29.9 Å². The predicted molar refractivity (Wildman–Crippen MR) is 104 cm³/mol. The van der Waals surface area contributed by atoms with E-state index >= 15 is 0 Å². The summed E-state index contributed by atoms with van der Waals surface area (Å²) in [5, 5.41) is 6.66. The number of carbonyl (C=O) groups excluding carboxylic acids is 2. The molecule has 2 amide bonds. The lowest BCUT2D eigenvalue weighted by atomic mass is 10.0. The van der Waals surface area contributed by atoms with Gasteiger partial charge in [0.05, 0.1) is 17.1 Å². The molecule has 1 unspecified atom stereocenters. The Morgan fingerprint density at radius 1 is 1.11 bits per heavy atom. The first kappa shape index (κ1) is 18.7. The van der Waals surface area contributed by atoms with Crippen LogP contribution in [0, 0.1) is 6.92 Å². The standard InChI is InChI=1S/C20H20N4O2S/c1-14-22-12-17(27-14)13-23-20(26)18(10-15-6-3-2-4-7-15)24-19(25)16-8-5-9-21-11-16/h2-9,11-12,18H,10,13H2,1H3,(H,23,26)(H,24,25). The number of thiazole rings is 1. The molecule has 0 radical (unpaired) electrons. The Hall–Kier alpha value is -3.06. The van der Waals surface area contributed by atoms with Gasteiger partial charge in [-0.1, -0.05) is 30.3 Å². The van der Waals surface area contributed by atoms with Crippen LogP contribution >= 0.6 is 11.3 Å². The van der Waals surface area contributed by atoms with Crippen LogP contribution in [0.5, 0.6) is 0 Å². The molecule has 2 N–H and O–H groups in total. The maximum Gasteiger partial charge on any atom is 0.253 e. The number of amides is 2. The summed E-state index contributed by atoms with van der Waals surface area (Å²) in [5.41, 5.74) is 1.39. The number of benzene rings is 1. The van der Waals surface area contributed by atoms with Gasteiger partial charge in [0.15, 0.2) is 0 Å². The van der Waals surface area contributed by atoms with Gasteiger partial charge in [-0.05, 0) is 24.6 Å². The maximum atomic E-state index is 12.7. The summed E-state index contributed by atoms with van der Waals surface area (Å²) in [6.45, 7) is 2.31. The van der Waals surface area contributed by atoms with E-state index in [0.29, 0.717) is 18.5 Å². The van der Waals surface area contributed by atoms with Crippen molar-refractivity contribution in [2.45, 2.75) is 25.9 Å². The van der Waals surface area contributed by atoms with Crippen molar-refractivity contribution in [3.8, 4) is 0 Å². The Kier molecular flexibility index (Phi) is 6.27. The van der Waals surface area contributed by atoms with E-state index in [1.54, 1.807) is 24.5 Å². The van der Waals surface area contributed by atoms with Crippen molar-refractivity contribution in [2.24, 2.45) is 0 Å². The smallest absolute Gasteiger partial charge is 0.253 e. The van der Waals surface area contributed by atoms with Gasteiger partial charge < -0.3 is 10.6 Å². The highest BCUT2D eigenvalue weighted by atomic mass is 32.1. The van der Waals surface area contributed by atoms with Crippen LogP contribution < -0.4 is 10.6 Å². The summed E-state index contributed by atoms with van der Waals surface area (Å²) < 4.78 is 0. The molecule has 2 aromatic heterocycles. The summed E-state index contributed by atoms with van der Waals surface area (Å²) >= 11 is 1.53. The lowest BCUT2D eigenvalue weighted by Gasteiger charge is -2.18. The largest absolute Gasteiger partial charge is 0.349 e. The fourth-order valence-corrected chi connectivity index (χ4v) is 3.32. The molecule has 7 heteroatoms. The first-order chi connectivity index (χ1) is 13.1. The number of hydrogen-bond donors (Lipinski definition) is 2. The van der Waals surface area contributed by atoms with Gasteiger partial charge in [0.1, 0.15) is 6.04 Å². The summed E-state index contributed by atoms with van der Waals surface area (Å²) in [6.07, 6.45) is 5.23. The van der Waals surface area contributed by atoms with Crippen molar-refractivity contribution in [2.75, 3.05) is 0 Å². The second kappa shape index (κ2) is 9.05. The number of pyridine rings is 1. The summed E-state index contributed by atoms with van der Waals surface area (Å²) in [7, 11) is 0. The molecule has 2 heterocycles. The number of nitrogens with one attached hydrogen (secondary N) is 2. The average molecular weight is 380 g/mol. The van der Waals surface area contributed by atoms with Crippen molar-refractivity contribution in [1.29, 1.82) is 0 Å². The third-order valence-corrected chi connectivity index (χ3v) is 4.85. The molecule has 0 aliphatic heterocycles. The molecule has 0 spiro atoms. The van der Waals surface area contributed by atoms with E-state index in [9.17, 15) is 9.59 Å². The van der Waals surface area contributed by atoms with E-state index in [4.69, 9.17) is 0 Å². The van der Waals surface area contributed by atoms with Crippen molar-refractivity contribution in [3.63, 3.8) is 0 Å². The van der Waals surface area contributed by atoms with E-state index in [1.807, 2.05) is 37.3 Å². The molecule has 3 aromatic rings. The van der Waals surface area contributed by atoms with Crippen LogP contribution in [0.25, 0.3) is 0 Å². The van der Waals surface area contributed by atoms with E-state index in [2.05, 4.69) is 20.6 Å². The Morgan fingerprint density at radius 3 is 2.59 bits per heavy atom. The second-order valence-electron chi connectivity index (χ2n) is 6.02. The second-order valence-corrected chi connectivity index (χ2v) is 7.34. The van der Waals surface area contributed by atoms with Crippen LogP contribution in [0.2, 0.25) is 0 Å². The SMILES string of the molecule is Cc1ncc(CNC(=O)C(Cc2ccccc2)NC(=O)c2cccnc2)s1. The molecule has 0 bridgehead atoms. The number of hydrogen-bond acceptors (Lipinski definition) is 5. The van der Waals surface area contributed by atoms with Gasteiger partial charge in [-0.3, -0.25) is 14.6 Å². The highest BCUT2D eigenvalue weighted by Crippen LogP contribution is 2.11. The zero-order chi connectivity index (χ0) is 19.1. The van der Waals surface area contributed by atoms with Crippen LogP contribution in [0.15, 0.2) is 61.1 Å². The van der Waals surface area contributed by atoms with E-state index in [1.165, 1.54) is 17.5 Å². The number of aryl methyl sites for hydroxylation is 1. The summed E-state index contributed by atoms with van der Waals surface area (Å²) in [5.74, 6) is -0.560. The Labute approximate surface area is 161 Å². The van der Waals surface area contributed by atoms with Crippen LogP contribution in [-0.4, -0.2) is 27.8 Å². The van der Waals surface area contributed by atoms with Gasteiger partial charge >= 0.3 is 0 Å². The third kappa shape index (κ3) is 5.46. The molecule has 0 fully saturated rings. The minimum Gasteiger partial charge on any atom is -0.349 e. The summed E-state index contributed by atoms with van der Waals surface area (Å²) in [6, 6.07) is 12.3. The fourth-order valence-electron chi connectivity index (χ4n) is 2.58. The van der Waals surface area contributed by atoms with Gasteiger partial charge in [-0.25, -0.2) is 4.98 Å². The predicted octanol–water partition coefficient (Wildman–Crippen LogP) is 2.50. The molecule has 0 aliphatic carbocycles. The summed E-state index contributed by atoms with van der Waals surface area (Å²) in [4.78, 5) is 34.3. The molecular weight excluding hydrogens is 360 g/mol. The molecule has 0 saturated heterocycles. The van der Waals surface area contributed by atoms with Crippen molar-refractivity contribution < 1.29 is 9.59 Å². The van der Waals surface area contributed by atoms with Crippen LogP contribution in [-0.2, 0) is 17.8 Å². The topological polar surface area (TPSA) is 84.0 Å². The number of nitrogens with zero attached hydrogens (tertiary/aromatic N) is 2. The highest BCUT2D eigenvalue weighted by molar-refractivity contribution is 7.11. The maximum absolute atomic E-state index is 12.7. The minimum absolute atomic E-state index is 0.234. The molecule has 138 valence electrons. The molecule has 1 aromatic carbocycles. The van der Waals surface area contributed by atoms with Crippen LogP contribution in [0.1, 0.15) is 25.8 Å². The molecule has 3 rings (SSSR count). The molecule has 0 aliphatic rings. The lowest BCUT2D eigenvalue weighted by Crippen LogP contribution is -2.47. The zero-order valence-corrected chi connectivity index (χ0v) is 15.7. The normalized spacial score (nSPS) is 11.6. The van der Waals surface area contributed by atoms with Crippen LogP contribution in [0.3, 0.4) is 0 Å². The molecule has 0 saturated carbocycles. The Bertz CT molecular complexity index is 897. The molecule has 1 atom stereocenters. The highest BCUT2D eigenvalue weighted by Gasteiger charge is 2.22. The van der Waals surface area contributed by atoms with Gasteiger partial charge in [0.2, 0.25) is 5.91 Å². The van der Waals surface area contributed by atoms with Crippen LogP contribution in [0.4, 0.5) is 0 Å². The first-order valence-corrected chi connectivity index (χ1v) is 9.37. The van der Waals surface area contributed by atoms with Crippen molar-refractivity contribution >= 4 is 23.2 Å². The van der Waals surface area contributed by atoms with E-state index in [-0.39, 0.29) is 11.8 Å². The average Bonchev–Trinajstić information content (AvgIpc) is 3.12. The van der Waals surface area contributed by atoms with Crippen molar-refractivity contribution in [1.82, 2.24) is 20.6 Å². The minimum atomic E-state index is -0.686. The first-order valence-electron chi connectivity index (χ1n) is 8.55. The zero-order valence-electron chi connectivity index (χ0n) is 14.9. The van der Waals surface area contributed by atoms with Crippen molar-refractivity contribution in [3.05, 3.63) is 82.1 Å². The quantitative estimate of drug-likeness (QED) is 0.660. The monoisotopic (exact) mass is 380 g/mol. The van der Waals surface area contributed by atoms with Gasteiger partial charge in [-0.2, -0.15) is 0 Å².